The van der Waals surface area contributed by atoms with E-state index in [1.54, 1.807) is 0 Å². The summed E-state index contributed by atoms with van der Waals surface area (Å²) in [4.78, 5) is 11.5. The molecule has 0 saturated heterocycles. The van der Waals surface area contributed by atoms with Gasteiger partial charge in [-0.25, -0.2) is 9.18 Å². The van der Waals surface area contributed by atoms with Crippen LogP contribution in [0.25, 0.3) is 0 Å². The molecular formula is C11H9FN2O3. The monoisotopic (exact) mass is 236 g/mol. The lowest BCUT2D eigenvalue weighted by molar-refractivity contribution is 0.0467. The fourth-order valence-corrected chi connectivity index (χ4v) is 1.22. The number of nitrogens with two attached hydrogens (primary N) is 1. The first-order valence-electron chi connectivity index (χ1n) is 4.77. The SMILES string of the molecule is Nc1ccc(C(=O)OCc2cnoc2)c(F)c1. The molecule has 17 heavy (non-hydrogen) atoms. The van der Waals surface area contributed by atoms with E-state index in [4.69, 9.17) is 10.5 Å². The van der Waals surface area contributed by atoms with Crippen LogP contribution in [0.4, 0.5) is 10.1 Å². The highest BCUT2D eigenvalue weighted by atomic mass is 19.1. The van der Waals surface area contributed by atoms with E-state index in [1.165, 1.54) is 24.6 Å². The van der Waals surface area contributed by atoms with E-state index in [2.05, 4.69) is 9.68 Å². The molecule has 0 atom stereocenters. The Labute approximate surface area is 96.0 Å². The smallest absolute Gasteiger partial charge is 0.341 e. The number of anilines is 1. The highest BCUT2D eigenvalue weighted by Crippen LogP contribution is 2.13. The van der Waals surface area contributed by atoms with Gasteiger partial charge in [0.25, 0.3) is 0 Å². The van der Waals surface area contributed by atoms with Crippen molar-refractivity contribution >= 4 is 11.7 Å². The minimum atomic E-state index is -0.760. The van der Waals surface area contributed by atoms with Crippen molar-refractivity contribution in [2.24, 2.45) is 0 Å². The van der Waals surface area contributed by atoms with Crippen LogP contribution in [0.2, 0.25) is 0 Å². The molecule has 5 nitrogen and oxygen atoms in total. The fraction of sp³-hybridized carbons (Fsp3) is 0.0909. The summed E-state index contributed by atoms with van der Waals surface area (Å²) >= 11 is 0. The van der Waals surface area contributed by atoms with Crippen molar-refractivity contribution in [3.05, 3.63) is 47.6 Å². The second kappa shape index (κ2) is 4.65. The molecule has 0 saturated carbocycles. The van der Waals surface area contributed by atoms with Gasteiger partial charge in [0.15, 0.2) is 0 Å². The largest absolute Gasteiger partial charge is 0.457 e. The predicted molar refractivity (Wildman–Crippen MR) is 56.4 cm³/mol. The van der Waals surface area contributed by atoms with Crippen LogP contribution in [0.1, 0.15) is 15.9 Å². The predicted octanol–water partition coefficient (Wildman–Crippen LogP) is 1.75. The topological polar surface area (TPSA) is 78.4 Å². The van der Waals surface area contributed by atoms with E-state index in [0.29, 0.717) is 5.56 Å². The Morgan fingerprint density at radius 1 is 1.53 bits per heavy atom. The van der Waals surface area contributed by atoms with Crippen LogP contribution >= 0.6 is 0 Å². The van der Waals surface area contributed by atoms with Crippen molar-refractivity contribution < 1.29 is 18.4 Å². The number of esters is 1. The summed E-state index contributed by atoms with van der Waals surface area (Å²) < 4.78 is 22.8. The number of aromatic nitrogens is 1. The van der Waals surface area contributed by atoms with Gasteiger partial charge in [-0.05, 0) is 18.2 Å². The minimum Gasteiger partial charge on any atom is -0.457 e. The van der Waals surface area contributed by atoms with Gasteiger partial charge in [0.1, 0.15) is 18.7 Å². The maximum absolute atomic E-state index is 13.4. The zero-order chi connectivity index (χ0) is 12.3. The van der Waals surface area contributed by atoms with Gasteiger partial charge in [0.05, 0.1) is 11.8 Å². The van der Waals surface area contributed by atoms with Crippen molar-refractivity contribution in [3.63, 3.8) is 0 Å². The first-order valence-corrected chi connectivity index (χ1v) is 4.77. The van der Waals surface area contributed by atoms with Crippen LogP contribution in [0, 0.1) is 5.82 Å². The fourth-order valence-electron chi connectivity index (χ4n) is 1.22. The molecular weight excluding hydrogens is 227 g/mol. The Hall–Kier alpha value is -2.37. The molecule has 6 heteroatoms. The van der Waals surface area contributed by atoms with E-state index in [1.807, 2.05) is 0 Å². The lowest BCUT2D eigenvalue weighted by Crippen LogP contribution is -2.07. The van der Waals surface area contributed by atoms with Gasteiger partial charge in [-0.15, -0.1) is 0 Å². The molecule has 1 heterocycles. The molecule has 0 spiro atoms. The number of halogens is 1. The van der Waals surface area contributed by atoms with E-state index < -0.39 is 11.8 Å². The third-order valence-electron chi connectivity index (χ3n) is 2.07. The zero-order valence-electron chi connectivity index (χ0n) is 8.72. The van der Waals surface area contributed by atoms with Crippen molar-refractivity contribution in [1.29, 1.82) is 0 Å². The van der Waals surface area contributed by atoms with Gasteiger partial charge >= 0.3 is 5.97 Å². The molecule has 2 N–H and O–H groups in total. The van der Waals surface area contributed by atoms with Gasteiger partial charge < -0.3 is 15.0 Å². The molecule has 2 rings (SSSR count). The van der Waals surface area contributed by atoms with Crippen LogP contribution in [0.5, 0.6) is 0 Å². The average Bonchev–Trinajstić information content (AvgIpc) is 2.78. The molecule has 0 amide bonds. The number of ether oxygens (including phenoxy) is 1. The van der Waals surface area contributed by atoms with Gasteiger partial charge in [0, 0.05) is 11.3 Å². The quantitative estimate of drug-likeness (QED) is 0.648. The van der Waals surface area contributed by atoms with Crippen LogP contribution in [-0.2, 0) is 11.3 Å². The van der Waals surface area contributed by atoms with Gasteiger partial charge in [-0.2, -0.15) is 0 Å². The molecule has 1 aromatic carbocycles. The third kappa shape index (κ3) is 2.60. The maximum Gasteiger partial charge on any atom is 0.341 e. The summed E-state index contributed by atoms with van der Waals surface area (Å²) in [5.74, 6) is -1.47. The van der Waals surface area contributed by atoms with E-state index in [9.17, 15) is 9.18 Å². The van der Waals surface area contributed by atoms with E-state index >= 15 is 0 Å². The molecule has 2 aromatic rings. The van der Waals surface area contributed by atoms with Crippen LogP contribution in [0.15, 0.2) is 35.2 Å². The number of nitrogen functional groups attached to an aromatic ring is 1. The Kier molecular flexibility index (Phi) is 3.04. The summed E-state index contributed by atoms with van der Waals surface area (Å²) in [6.07, 6.45) is 2.75. The average molecular weight is 236 g/mol. The highest BCUT2D eigenvalue weighted by Gasteiger charge is 2.13. The summed E-state index contributed by atoms with van der Waals surface area (Å²) in [5, 5.41) is 3.45. The number of carbonyl (C=O) groups is 1. The van der Waals surface area contributed by atoms with Gasteiger partial charge in [0.2, 0.25) is 0 Å². The van der Waals surface area contributed by atoms with E-state index in [0.717, 1.165) is 6.07 Å². The summed E-state index contributed by atoms with van der Waals surface area (Å²) in [5.41, 5.74) is 6.05. The number of nitrogens with zero attached hydrogens (tertiary/aromatic N) is 1. The number of carbonyl (C=O) groups excluding carboxylic acids is 1. The Balaban J connectivity index is 2.04. The standard InChI is InChI=1S/C11H9FN2O3/c12-10-3-8(13)1-2-9(10)11(15)16-5-7-4-14-17-6-7/h1-4,6H,5,13H2. The third-order valence-corrected chi connectivity index (χ3v) is 2.07. The molecule has 0 aliphatic rings. The zero-order valence-corrected chi connectivity index (χ0v) is 8.72. The molecule has 1 aromatic heterocycles. The highest BCUT2D eigenvalue weighted by molar-refractivity contribution is 5.90. The molecule has 0 fully saturated rings. The molecule has 0 bridgehead atoms. The number of rotatable bonds is 3. The maximum atomic E-state index is 13.4. The van der Waals surface area contributed by atoms with Gasteiger partial charge in [-0.3, -0.25) is 0 Å². The minimum absolute atomic E-state index is 0.0217. The number of benzene rings is 1. The lowest BCUT2D eigenvalue weighted by Gasteiger charge is -2.04. The molecule has 0 aliphatic heterocycles. The number of hydrogen-bond acceptors (Lipinski definition) is 5. The molecule has 0 radical (unpaired) electrons. The van der Waals surface area contributed by atoms with Crippen LogP contribution in [-0.4, -0.2) is 11.1 Å². The second-order valence-corrected chi connectivity index (χ2v) is 3.35. The van der Waals surface area contributed by atoms with E-state index in [-0.39, 0.29) is 17.9 Å². The molecule has 0 unspecified atom stereocenters. The van der Waals surface area contributed by atoms with Crippen molar-refractivity contribution in [2.75, 3.05) is 5.73 Å². The normalized spacial score (nSPS) is 10.2. The first-order chi connectivity index (χ1) is 8.16. The first kappa shape index (κ1) is 11.1. The number of hydrogen-bond donors (Lipinski definition) is 1. The summed E-state index contributed by atoms with van der Waals surface area (Å²) in [6, 6.07) is 3.77. The molecule has 88 valence electrons. The Morgan fingerprint density at radius 3 is 3.00 bits per heavy atom. The van der Waals surface area contributed by atoms with Crippen molar-refractivity contribution in [3.8, 4) is 0 Å². The summed E-state index contributed by atoms with van der Waals surface area (Å²) in [6.45, 7) is -0.0217. The summed E-state index contributed by atoms with van der Waals surface area (Å²) in [7, 11) is 0. The van der Waals surface area contributed by atoms with Crippen molar-refractivity contribution in [2.45, 2.75) is 6.61 Å². The Bertz CT molecular complexity index is 526. The van der Waals surface area contributed by atoms with Crippen LogP contribution < -0.4 is 5.73 Å². The second-order valence-electron chi connectivity index (χ2n) is 3.35. The van der Waals surface area contributed by atoms with Crippen molar-refractivity contribution in [1.82, 2.24) is 5.16 Å². The van der Waals surface area contributed by atoms with Gasteiger partial charge in [-0.1, -0.05) is 5.16 Å². The molecule has 0 aliphatic carbocycles. The Morgan fingerprint density at radius 2 is 2.35 bits per heavy atom. The lowest BCUT2D eigenvalue weighted by atomic mass is 10.2. The van der Waals surface area contributed by atoms with Crippen LogP contribution in [0.3, 0.4) is 0 Å².